The van der Waals surface area contributed by atoms with E-state index < -0.39 is 29.9 Å². The van der Waals surface area contributed by atoms with E-state index in [1.54, 1.807) is 24.3 Å². The first-order chi connectivity index (χ1) is 16.3. The highest BCUT2D eigenvalue weighted by atomic mass is 19.1. The molecule has 0 unspecified atom stereocenters. The van der Waals surface area contributed by atoms with Crippen molar-refractivity contribution in [3.8, 4) is 0 Å². The lowest BCUT2D eigenvalue weighted by Crippen LogP contribution is -2.46. The second kappa shape index (κ2) is 9.47. The van der Waals surface area contributed by atoms with Crippen molar-refractivity contribution in [2.24, 2.45) is 0 Å². The van der Waals surface area contributed by atoms with Gasteiger partial charge in [0.15, 0.2) is 5.54 Å². The zero-order chi connectivity index (χ0) is 24.3. The molecule has 1 saturated heterocycles. The zero-order valence-electron chi connectivity index (χ0n) is 19.1. The Morgan fingerprint density at radius 1 is 0.941 bits per heavy atom. The van der Waals surface area contributed by atoms with Crippen LogP contribution in [-0.4, -0.2) is 35.8 Å². The molecule has 1 aliphatic rings. The predicted octanol–water partition coefficient (Wildman–Crippen LogP) is 3.60. The number of hydrogen-bond donors (Lipinski definition) is 2. The van der Waals surface area contributed by atoms with Gasteiger partial charge in [0, 0.05) is 6.54 Å². The van der Waals surface area contributed by atoms with E-state index in [0.29, 0.717) is 24.1 Å². The molecule has 0 spiro atoms. The Balaban J connectivity index is 1.54. The molecule has 3 aromatic carbocycles. The van der Waals surface area contributed by atoms with Crippen LogP contribution in [0.1, 0.15) is 27.8 Å². The monoisotopic (exact) mass is 459 g/mol. The van der Waals surface area contributed by atoms with Gasteiger partial charge in [-0.3, -0.25) is 14.5 Å². The van der Waals surface area contributed by atoms with Crippen LogP contribution in [0.25, 0.3) is 0 Å². The molecule has 0 aliphatic carbocycles. The van der Waals surface area contributed by atoms with Crippen LogP contribution in [0.2, 0.25) is 0 Å². The van der Waals surface area contributed by atoms with Gasteiger partial charge < -0.3 is 10.6 Å². The number of amides is 4. The van der Waals surface area contributed by atoms with E-state index in [2.05, 4.69) is 10.6 Å². The SMILES string of the molecule is Cc1ccc([C@]2(c3ccccc3)NC(=O)N(CC(=O)NCCc3ccc(F)cc3)C2=O)cc1C. The zero-order valence-corrected chi connectivity index (χ0v) is 19.1. The van der Waals surface area contributed by atoms with Crippen LogP contribution in [0.15, 0.2) is 72.8 Å². The maximum absolute atomic E-state index is 13.7. The Bertz CT molecular complexity index is 1230. The van der Waals surface area contributed by atoms with Crippen LogP contribution < -0.4 is 10.6 Å². The van der Waals surface area contributed by atoms with Crippen LogP contribution in [0.3, 0.4) is 0 Å². The van der Waals surface area contributed by atoms with E-state index in [1.165, 1.54) is 12.1 Å². The summed E-state index contributed by atoms with van der Waals surface area (Å²) in [6, 6.07) is 20.1. The van der Waals surface area contributed by atoms with Gasteiger partial charge in [0.05, 0.1) is 0 Å². The average Bonchev–Trinajstić information content (AvgIpc) is 3.08. The molecule has 1 atom stereocenters. The van der Waals surface area contributed by atoms with Gasteiger partial charge in [0.25, 0.3) is 5.91 Å². The third-order valence-electron chi connectivity index (χ3n) is 6.20. The molecule has 1 fully saturated rings. The molecule has 0 aromatic heterocycles. The van der Waals surface area contributed by atoms with E-state index in [0.717, 1.165) is 21.6 Å². The predicted molar refractivity (Wildman–Crippen MR) is 126 cm³/mol. The number of aryl methyl sites for hydroxylation is 2. The van der Waals surface area contributed by atoms with Crippen LogP contribution in [0.5, 0.6) is 0 Å². The molecule has 2 N–H and O–H groups in total. The second-order valence-corrected chi connectivity index (χ2v) is 8.46. The first-order valence-electron chi connectivity index (χ1n) is 11.1. The quantitative estimate of drug-likeness (QED) is 0.530. The standard InChI is InChI=1S/C27H26FN3O3/c1-18-8-11-22(16-19(18)2)27(21-6-4-3-5-7-21)25(33)31(26(34)30-27)17-24(32)29-15-14-20-9-12-23(28)13-10-20/h3-13,16H,14-15,17H2,1-2H3,(H,29,32)(H,30,34)/t27-/m0/s1. The molecular formula is C27H26FN3O3. The van der Waals surface area contributed by atoms with E-state index in [1.807, 2.05) is 50.2 Å². The fourth-order valence-electron chi connectivity index (χ4n) is 4.14. The van der Waals surface area contributed by atoms with Crippen LogP contribution in [0.4, 0.5) is 9.18 Å². The summed E-state index contributed by atoms with van der Waals surface area (Å²) < 4.78 is 13.0. The fraction of sp³-hybridized carbons (Fsp3) is 0.222. The molecule has 3 aromatic rings. The van der Waals surface area contributed by atoms with Crippen molar-refractivity contribution in [1.29, 1.82) is 0 Å². The molecule has 4 rings (SSSR count). The summed E-state index contributed by atoms with van der Waals surface area (Å²) in [5.74, 6) is -1.27. The Morgan fingerprint density at radius 3 is 2.32 bits per heavy atom. The van der Waals surface area contributed by atoms with E-state index in [9.17, 15) is 18.8 Å². The fourth-order valence-corrected chi connectivity index (χ4v) is 4.14. The third kappa shape index (κ3) is 4.41. The number of halogens is 1. The molecule has 0 radical (unpaired) electrons. The van der Waals surface area contributed by atoms with Crippen molar-refractivity contribution >= 4 is 17.8 Å². The number of urea groups is 1. The largest absolute Gasteiger partial charge is 0.354 e. The molecule has 7 heteroatoms. The summed E-state index contributed by atoms with van der Waals surface area (Å²) in [4.78, 5) is 40.2. The summed E-state index contributed by atoms with van der Waals surface area (Å²) in [5.41, 5.74) is 2.78. The lowest BCUT2D eigenvalue weighted by molar-refractivity contribution is -0.134. The second-order valence-electron chi connectivity index (χ2n) is 8.46. The Labute approximate surface area is 197 Å². The van der Waals surface area contributed by atoms with Crippen molar-refractivity contribution < 1.29 is 18.8 Å². The van der Waals surface area contributed by atoms with Crippen molar-refractivity contribution in [2.75, 3.05) is 13.1 Å². The van der Waals surface area contributed by atoms with E-state index in [4.69, 9.17) is 0 Å². The minimum absolute atomic E-state index is 0.301. The van der Waals surface area contributed by atoms with Crippen LogP contribution in [-0.2, 0) is 21.5 Å². The molecule has 0 bridgehead atoms. The third-order valence-corrected chi connectivity index (χ3v) is 6.20. The molecular weight excluding hydrogens is 433 g/mol. The summed E-state index contributed by atoms with van der Waals surface area (Å²) in [6.07, 6.45) is 0.503. The number of carbonyl (C=O) groups is 3. The lowest BCUT2D eigenvalue weighted by atomic mass is 9.81. The number of nitrogens with zero attached hydrogens (tertiary/aromatic N) is 1. The van der Waals surface area contributed by atoms with Gasteiger partial charge in [-0.1, -0.05) is 60.7 Å². The minimum atomic E-state index is -1.41. The van der Waals surface area contributed by atoms with Crippen LogP contribution in [0, 0.1) is 19.7 Å². The van der Waals surface area contributed by atoms with Crippen molar-refractivity contribution in [1.82, 2.24) is 15.5 Å². The Morgan fingerprint density at radius 2 is 1.65 bits per heavy atom. The number of rotatable bonds is 7. The Hall–Kier alpha value is -4.00. The highest BCUT2D eigenvalue weighted by Crippen LogP contribution is 2.36. The van der Waals surface area contributed by atoms with Crippen molar-refractivity contribution in [2.45, 2.75) is 25.8 Å². The number of benzene rings is 3. The van der Waals surface area contributed by atoms with Crippen molar-refractivity contribution in [3.63, 3.8) is 0 Å². The molecule has 6 nitrogen and oxygen atoms in total. The van der Waals surface area contributed by atoms with Gasteiger partial charge in [-0.15, -0.1) is 0 Å². The van der Waals surface area contributed by atoms with Gasteiger partial charge in [-0.05, 0) is 60.2 Å². The molecule has 174 valence electrons. The average molecular weight is 460 g/mol. The number of imide groups is 1. The summed E-state index contributed by atoms with van der Waals surface area (Å²) in [5, 5.41) is 5.59. The number of nitrogens with one attached hydrogen (secondary N) is 2. The van der Waals surface area contributed by atoms with Crippen LogP contribution >= 0.6 is 0 Å². The molecule has 1 heterocycles. The first kappa shape index (κ1) is 23.2. The van der Waals surface area contributed by atoms with Gasteiger partial charge in [0.2, 0.25) is 5.91 Å². The highest BCUT2D eigenvalue weighted by molar-refractivity contribution is 6.11. The smallest absolute Gasteiger partial charge is 0.326 e. The van der Waals surface area contributed by atoms with E-state index in [-0.39, 0.29) is 5.82 Å². The summed E-state index contributed by atoms with van der Waals surface area (Å²) in [7, 11) is 0. The highest BCUT2D eigenvalue weighted by Gasteiger charge is 2.54. The van der Waals surface area contributed by atoms with Crippen molar-refractivity contribution in [3.05, 3.63) is 106 Å². The van der Waals surface area contributed by atoms with E-state index >= 15 is 0 Å². The maximum Gasteiger partial charge on any atom is 0.326 e. The minimum Gasteiger partial charge on any atom is -0.354 e. The molecule has 4 amide bonds. The molecule has 34 heavy (non-hydrogen) atoms. The Kier molecular flexibility index (Phi) is 6.45. The first-order valence-corrected chi connectivity index (χ1v) is 11.1. The normalized spacial score (nSPS) is 17.6. The number of carbonyl (C=O) groups excluding carboxylic acids is 3. The summed E-state index contributed by atoms with van der Waals surface area (Å²) in [6.45, 7) is 3.83. The number of hydrogen-bond acceptors (Lipinski definition) is 3. The van der Waals surface area contributed by atoms with Gasteiger partial charge in [-0.25, -0.2) is 9.18 Å². The lowest BCUT2D eigenvalue weighted by Gasteiger charge is -2.28. The summed E-state index contributed by atoms with van der Waals surface area (Å²) >= 11 is 0. The molecule has 1 aliphatic heterocycles. The van der Waals surface area contributed by atoms with Gasteiger partial charge in [-0.2, -0.15) is 0 Å². The van der Waals surface area contributed by atoms with Gasteiger partial charge in [0.1, 0.15) is 12.4 Å². The topological polar surface area (TPSA) is 78.5 Å². The molecule has 0 saturated carbocycles. The maximum atomic E-state index is 13.7. The van der Waals surface area contributed by atoms with Gasteiger partial charge >= 0.3 is 6.03 Å².